The summed E-state index contributed by atoms with van der Waals surface area (Å²) < 4.78 is 6.19. The van der Waals surface area contributed by atoms with Gasteiger partial charge in [-0.1, -0.05) is 15.9 Å². The fourth-order valence-electron chi connectivity index (χ4n) is 5.64. The second kappa shape index (κ2) is 11.3. The molecule has 3 aliphatic rings. The first-order valence-corrected chi connectivity index (χ1v) is 13.6. The Balaban J connectivity index is 1.57. The Morgan fingerprint density at radius 3 is 2.51 bits per heavy atom. The molecule has 3 fully saturated rings. The van der Waals surface area contributed by atoms with E-state index in [9.17, 15) is 24.5 Å². The average Bonchev–Trinajstić information content (AvgIpc) is 2.82. The molecule has 3 saturated heterocycles. The summed E-state index contributed by atoms with van der Waals surface area (Å²) in [6.07, 6.45) is 1.88. The van der Waals surface area contributed by atoms with Gasteiger partial charge in [-0.15, -0.1) is 0 Å². The fraction of sp³-hybridized carbons (Fsp3) is 0.640. The Bertz CT molecular complexity index is 1070. The summed E-state index contributed by atoms with van der Waals surface area (Å²) in [6, 6.07) is 2.66. The van der Waals surface area contributed by atoms with E-state index in [0.29, 0.717) is 49.9 Å². The lowest BCUT2D eigenvalue weighted by atomic mass is 9.90. The van der Waals surface area contributed by atoms with E-state index in [1.165, 1.54) is 6.07 Å². The minimum absolute atomic E-state index is 0.0569. The standard InChI is InChI=1S/C25H34BrN5O6/c1-14-7-17(8-22(32)27-14)24(33)29-6-4-5-19(13-29)28-23-20(9-18(26)10-21(23)31(35)36)25(34)30-11-15(2)37-16(3)12-30/h9-10,14-17,19,28H,4-8,11-13H2,1-3H3,(H,27,32)/t14?,15-,16+,17?,19-/m1/s1. The molecule has 3 amide bonds. The van der Waals surface area contributed by atoms with Gasteiger partial charge in [0, 0.05) is 61.1 Å². The van der Waals surface area contributed by atoms with Gasteiger partial charge in [-0.25, -0.2) is 0 Å². The van der Waals surface area contributed by atoms with Crippen LogP contribution in [0.2, 0.25) is 0 Å². The van der Waals surface area contributed by atoms with Gasteiger partial charge in [0.15, 0.2) is 0 Å². The van der Waals surface area contributed by atoms with Crippen molar-refractivity contribution in [2.75, 3.05) is 31.5 Å². The molecule has 0 aromatic heterocycles. The second-order valence-electron chi connectivity index (χ2n) is 10.4. The number of rotatable bonds is 5. The number of nitro benzene ring substituents is 1. The molecule has 11 nitrogen and oxygen atoms in total. The predicted molar refractivity (Wildman–Crippen MR) is 140 cm³/mol. The van der Waals surface area contributed by atoms with Gasteiger partial charge in [0.2, 0.25) is 11.8 Å². The normalized spacial score (nSPS) is 28.4. The smallest absolute Gasteiger partial charge is 0.294 e. The minimum Gasteiger partial charge on any atom is -0.374 e. The van der Waals surface area contributed by atoms with Crippen LogP contribution < -0.4 is 10.6 Å². The minimum atomic E-state index is -0.498. The van der Waals surface area contributed by atoms with Crippen LogP contribution in [0.5, 0.6) is 0 Å². The zero-order chi connectivity index (χ0) is 26.9. The Labute approximate surface area is 224 Å². The molecule has 4 rings (SSSR count). The van der Waals surface area contributed by atoms with Crippen LogP contribution in [0.3, 0.4) is 0 Å². The summed E-state index contributed by atoms with van der Waals surface area (Å²) in [5.41, 5.74) is 0.173. The number of hydrogen-bond acceptors (Lipinski definition) is 7. The number of ether oxygens (including phenoxy) is 1. The molecule has 0 spiro atoms. The highest BCUT2D eigenvalue weighted by atomic mass is 79.9. The molecule has 0 radical (unpaired) electrons. The van der Waals surface area contributed by atoms with Crippen LogP contribution in [0.15, 0.2) is 16.6 Å². The van der Waals surface area contributed by atoms with Crippen LogP contribution in [-0.2, 0) is 14.3 Å². The first-order chi connectivity index (χ1) is 17.5. The van der Waals surface area contributed by atoms with Gasteiger partial charge in [0.1, 0.15) is 5.69 Å². The third-order valence-corrected chi connectivity index (χ3v) is 7.58. The van der Waals surface area contributed by atoms with E-state index in [2.05, 4.69) is 26.6 Å². The summed E-state index contributed by atoms with van der Waals surface area (Å²) >= 11 is 3.33. The summed E-state index contributed by atoms with van der Waals surface area (Å²) in [5.74, 6) is -0.859. The molecule has 0 aliphatic carbocycles. The van der Waals surface area contributed by atoms with Crippen molar-refractivity contribution in [2.45, 2.75) is 70.7 Å². The lowest BCUT2D eigenvalue weighted by molar-refractivity contribution is -0.384. The van der Waals surface area contributed by atoms with Gasteiger partial charge >= 0.3 is 0 Å². The number of nitrogens with zero attached hydrogens (tertiary/aromatic N) is 3. The van der Waals surface area contributed by atoms with E-state index in [0.717, 1.165) is 0 Å². The molecule has 12 heteroatoms. The molecule has 1 aromatic rings. The number of carbonyl (C=O) groups is 3. The number of nitrogens with one attached hydrogen (secondary N) is 2. The van der Waals surface area contributed by atoms with Crippen molar-refractivity contribution in [3.63, 3.8) is 0 Å². The quantitative estimate of drug-likeness (QED) is 0.404. The first-order valence-electron chi connectivity index (χ1n) is 12.8. The van der Waals surface area contributed by atoms with Gasteiger partial charge in [-0.2, -0.15) is 0 Å². The van der Waals surface area contributed by atoms with Crippen molar-refractivity contribution in [1.82, 2.24) is 15.1 Å². The van der Waals surface area contributed by atoms with E-state index < -0.39 is 4.92 Å². The number of nitro groups is 1. The van der Waals surface area contributed by atoms with E-state index in [-0.39, 0.29) is 71.3 Å². The van der Waals surface area contributed by atoms with Gasteiger partial charge in [0.05, 0.1) is 22.7 Å². The van der Waals surface area contributed by atoms with Crippen LogP contribution in [-0.4, -0.2) is 82.9 Å². The van der Waals surface area contributed by atoms with E-state index in [4.69, 9.17) is 4.74 Å². The number of carbonyl (C=O) groups excluding carboxylic acids is 3. The molecular weight excluding hydrogens is 546 g/mol. The molecule has 3 heterocycles. The Hall–Kier alpha value is -2.73. The molecule has 0 saturated carbocycles. The molecule has 0 bridgehead atoms. The number of morpholine rings is 1. The summed E-state index contributed by atoms with van der Waals surface area (Å²) in [5, 5.41) is 18.1. The highest BCUT2D eigenvalue weighted by molar-refractivity contribution is 9.10. The first kappa shape index (κ1) is 27.3. The van der Waals surface area contributed by atoms with Crippen molar-refractivity contribution >= 4 is 45.0 Å². The lowest BCUT2D eigenvalue weighted by Crippen LogP contribution is -2.51. The van der Waals surface area contributed by atoms with Crippen LogP contribution in [0.25, 0.3) is 0 Å². The predicted octanol–water partition coefficient (Wildman–Crippen LogP) is 2.92. The molecule has 2 unspecified atom stereocenters. The van der Waals surface area contributed by atoms with Gasteiger partial charge in [0.25, 0.3) is 11.6 Å². The highest BCUT2D eigenvalue weighted by Gasteiger charge is 2.36. The largest absolute Gasteiger partial charge is 0.374 e. The molecule has 5 atom stereocenters. The molecule has 202 valence electrons. The van der Waals surface area contributed by atoms with Gasteiger partial charge in [-0.05, 0) is 46.1 Å². The zero-order valence-corrected chi connectivity index (χ0v) is 23.0. The summed E-state index contributed by atoms with van der Waals surface area (Å²) in [4.78, 5) is 53.7. The summed E-state index contributed by atoms with van der Waals surface area (Å²) in [7, 11) is 0. The molecule has 37 heavy (non-hydrogen) atoms. The van der Waals surface area contributed by atoms with Crippen LogP contribution in [0.4, 0.5) is 11.4 Å². The Morgan fingerprint density at radius 2 is 1.86 bits per heavy atom. The fourth-order valence-corrected chi connectivity index (χ4v) is 6.09. The van der Waals surface area contributed by atoms with E-state index in [1.807, 2.05) is 20.8 Å². The van der Waals surface area contributed by atoms with E-state index >= 15 is 0 Å². The number of hydrogen-bond donors (Lipinski definition) is 2. The summed E-state index contributed by atoms with van der Waals surface area (Å²) in [6.45, 7) is 7.37. The number of likely N-dealkylation sites (tertiary alicyclic amines) is 1. The number of anilines is 1. The van der Waals surface area contributed by atoms with Crippen molar-refractivity contribution < 1.29 is 24.0 Å². The molecule has 1 aromatic carbocycles. The molecule has 2 N–H and O–H groups in total. The van der Waals surface area contributed by atoms with E-state index in [1.54, 1.807) is 15.9 Å². The van der Waals surface area contributed by atoms with Crippen LogP contribution in [0.1, 0.15) is 56.8 Å². The monoisotopic (exact) mass is 579 g/mol. The number of halogens is 1. The molecular formula is C25H34BrN5O6. The van der Waals surface area contributed by atoms with Crippen molar-refractivity contribution in [2.24, 2.45) is 5.92 Å². The third-order valence-electron chi connectivity index (χ3n) is 7.12. The van der Waals surface area contributed by atoms with Crippen molar-refractivity contribution in [3.05, 3.63) is 32.3 Å². The maximum Gasteiger partial charge on any atom is 0.294 e. The van der Waals surface area contributed by atoms with Gasteiger partial charge in [-0.3, -0.25) is 24.5 Å². The SMILES string of the molecule is CC1CC(C(=O)N2CCC[C@@H](Nc3c(C(=O)N4C[C@@H](C)O[C@@H](C)C4)cc(Br)cc3[N+](=O)[O-])C2)CC(=O)N1. The average molecular weight is 580 g/mol. The van der Waals surface area contributed by atoms with Crippen molar-refractivity contribution in [1.29, 1.82) is 0 Å². The Kier molecular flexibility index (Phi) is 8.37. The number of piperidine rings is 2. The number of benzene rings is 1. The van der Waals surface area contributed by atoms with Crippen molar-refractivity contribution in [3.8, 4) is 0 Å². The van der Waals surface area contributed by atoms with Gasteiger partial charge < -0.3 is 25.2 Å². The Morgan fingerprint density at radius 1 is 1.16 bits per heavy atom. The number of amides is 3. The van der Waals surface area contributed by atoms with Crippen LogP contribution >= 0.6 is 15.9 Å². The maximum absolute atomic E-state index is 13.6. The molecule has 3 aliphatic heterocycles. The lowest BCUT2D eigenvalue weighted by Gasteiger charge is -2.38. The van der Waals surface area contributed by atoms with Crippen LogP contribution in [0, 0.1) is 16.0 Å². The zero-order valence-electron chi connectivity index (χ0n) is 21.4. The highest BCUT2D eigenvalue weighted by Crippen LogP contribution is 2.35. The topological polar surface area (TPSA) is 134 Å². The second-order valence-corrected chi connectivity index (χ2v) is 11.4. The maximum atomic E-state index is 13.6. The third kappa shape index (κ3) is 6.40.